The molecule has 0 aliphatic rings. The molecule has 0 unspecified atom stereocenters. The Morgan fingerprint density at radius 1 is 0.680 bits per heavy atom. The van der Waals surface area contributed by atoms with E-state index in [1.165, 1.54) is 0 Å². The average Bonchev–Trinajstić information content (AvgIpc) is 2.63. The first kappa shape index (κ1) is 17.4. The van der Waals surface area contributed by atoms with Gasteiger partial charge in [0.2, 0.25) is 0 Å². The summed E-state index contributed by atoms with van der Waals surface area (Å²) in [7, 11) is -3.54. The van der Waals surface area contributed by atoms with E-state index in [4.69, 9.17) is 0 Å². The fraction of sp³-hybridized carbons (Fsp3) is 0.143. The number of rotatable bonds is 6. The second kappa shape index (κ2) is 7.21. The van der Waals surface area contributed by atoms with Gasteiger partial charge < -0.3 is 5.11 Å². The van der Waals surface area contributed by atoms with Crippen LogP contribution in [-0.4, -0.2) is 19.3 Å². The van der Waals surface area contributed by atoms with Gasteiger partial charge in [0, 0.05) is 0 Å². The molecule has 128 valence electrons. The van der Waals surface area contributed by atoms with E-state index in [0.29, 0.717) is 16.7 Å². The molecule has 0 aliphatic carbocycles. The fourth-order valence-corrected chi connectivity index (χ4v) is 4.73. The first-order valence-electron chi connectivity index (χ1n) is 8.07. The molecule has 0 saturated carbocycles. The van der Waals surface area contributed by atoms with Crippen LogP contribution < -0.4 is 0 Å². The van der Waals surface area contributed by atoms with E-state index in [2.05, 4.69) is 0 Å². The quantitative estimate of drug-likeness (QED) is 0.738. The van der Waals surface area contributed by atoms with Crippen LogP contribution in [0.5, 0.6) is 0 Å². The number of hydrogen-bond acceptors (Lipinski definition) is 3. The zero-order valence-electron chi connectivity index (χ0n) is 13.7. The molecule has 0 radical (unpaired) electrons. The van der Waals surface area contributed by atoms with Crippen LogP contribution in [-0.2, 0) is 21.2 Å². The molecule has 0 fully saturated rings. The molecule has 4 heteroatoms. The van der Waals surface area contributed by atoms with Crippen molar-refractivity contribution in [2.75, 3.05) is 5.75 Å². The predicted molar refractivity (Wildman–Crippen MR) is 99.8 cm³/mol. The second-order valence-electron chi connectivity index (χ2n) is 6.11. The summed E-state index contributed by atoms with van der Waals surface area (Å²) < 4.78 is 25.6. The molecular weight excluding hydrogens is 332 g/mol. The van der Waals surface area contributed by atoms with Crippen LogP contribution in [0, 0.1) is 0 Å². The first-order valence-corrected chi connectivity index (χ1v) is 9.89. The van der Waals surface area contributed by atoms with Crippen LogP contribution in [0.25, 0.3) is 0 Å². The van der Waals surface area contributed by atoms with Crippen molar-refractivity contribution in [2.24, 2.45) is 0 Å². The van der Waals surface area contributed by atoms with Crippen molar-refractivity contribution >= 4 is 9.84 Å². The summed E-state index contributed by atoms with van der Waals surface area (Å²) in [5.74, 6) is -0.473. The molecule has 0 amide bonds. The van der Waals surface area contributed by atoms with Gasteiger partial charge >= 0.3 is 0 Å². The van der Waals surface area contributed by atoms with E-state index in [9.17, 15) is 13.5 Å². The molecular formula is C21H20O3S. The molecule has 0 bridgehead atoms. The van der Waals surface area contributed by atoms with Gasteiger partial charge in [-0.15, -0.1) is 0 Å². The molecule has 0 saturated heterocycles. The monoisotopic (exact) mass is 352 g/mol. The molecule has 3 rings (SSSR count). The smallest absolute Gasteiger partial charge is 0.157 e. The Labute approximate surface area is 148 Å². The summed E-state index contributed by atoms with van der Waals surface area (Å²) in [5, 5.41) is 11.4. The van der Waals surface area contributed by atoms with Crippen LogP contribution >= 0.6 is 0 Å². The van der Waals surface area contributed by atoms with Crippen molar-refractivity contribution in [3.8, 4) is 0 Å². The topological polar surface area (TPSA) is 54.4 Å². The molecule has 3 aromatic carbocycles. The highest BCUT2D eigenvalue weighted by Crippen LogP contribution is 2.32. The summed E-state index contributed by atoms with van der Waals surface area (Å²) in [6.07, 6.45) is 0. The minimum atomic E-state index is -3.54. The third kappa shape index (κ3) is 4.16. The molecule has 1 N–H and O–H groups in total. The van der Waals surface area contributed by atoms with Crippen molar-refractivity contribution in [3.05, 3.63) is 108 Å². The Balaban J connectivity index is 1.99. The molecule has 0 spiro atoms. The minimum Gasteiger partial charge on any atom is -0.379 e. The van der Waals surface area contributed by atoms with Crippen molar-refractivity contribution in [1.29, 1.82) is 0 Å². The van der Waals surface area contributed by atoms with Gasteiger partial charge in [0.05, 0.1) is 11.5 Å². The lowest BCUT2D eigenvalue weighted by Crippen LogP contribution is -2.36. The van der Waals surface area contributed by atoms with E-state index in [-0.39, 0.29) is 11.5 Å². The molecule has 3 aromatic rings. The second-order valence-corrected chi connectivity index (χ2v) is 8.17. The van der Waals surface area contributed by atoms with Gasteiger partial charge in [0.1, 0.15) is 5.60 Å². The van der Waals surface area contributed by atoms with Crippen molar-refractivity contribution in [1.82, 2.24) is 0 Å². The Hall–Kier alpha value is -2.43. The average molecular weight is 352 g/mol. The summed E-state index contributed by atoms with van der Waals surface area (Å²) in [4.78, 5) is 0. The van der Waals surface area contributed by atoms with E-state index < -0.39 is 15.4 Å². The van der Waals surface area contributed by atoms with Gasteiger partial charge in [-0.3, -0.25) is 0 Å². The maximum absolute atomic E-state index is 12.8. The third-order valence-electron chi connectivity index (χ3n) is 4.16. The van der Waals surface area contributed by atoms with Crippen molar-refractivity contribution < 1.29 is 13.5 Å². The summed E-state index contributed by atoms with van der Waals surface area (Å²) in [6.45, 7) is 0. The van der Waals surface area contributed by atoms with Crippen molar-refractivity contribution in [2.45, 2.75) is 11.4 Å². The molecule has 25 heavy (non-hydrogen) atoms. The first-order chi connectivity index (χ1) is 12.0. The Morgan fingerprint density at radius 2 is 1.08 bits per heavy atom. The largest absolute Gasteiger partial charge is 0.379 e. The number of hydrogen-bond donors (Lipinski definition) is 1. The Morgan fingerprint density at radius 3 is 1.52 bits per heavy atom. The minimum absolute atomic E-state index is 0.101. The van der Waals surface area contributed by atoms with Crippen LogP contribution in [0.1, 0.15) is 16.7 Å². The highest BCUT2D eigenvalue weighted by molar-refractivity contribution is 7.90. The van der Waals surface area contributed by atoms with Gasteiger partial charge in [-0.2, -0.15) is 0 Å². The van der Waals surface area contributed by atoms with Crippen LogP contribution in [0.3, 0.4) is 0 Å². The van der Waals surface area contributed by atoms with Crippen molar-refractivity contribution in [3.63, 3.8) is 0 Å². The number of sulfone groups is 1. The maximum Gasteiger partial charge on any atom is 0.157 e. The molecule has 0 atom stereocenters. The lowest BCUT2D eigenvalue weighted by Gasteiger charge is -2.29. The van der Waals surface area contributed by atoms with E-state index in [1.54, 1.807) is 60.7 Å². The molecule has 0 aromatic heterocycles. The standard InChI is InChI=1S/C21H20O3S/c22-21(19-12-6-2-7-13-19,20-14-8-3-9-15-20)17-25(23,24)16-18-10-4-1-5-11-18/h1-15,22H,16-17H2. The molecule has 0 aliphatic heterocycles. The normalized spacial score (nSPS) is 12.0. The zero-order chi connectivity index (χ0) is 17.8. The van der Waals surface area contributed by atoms with Gasteiger partial charge in [0.25, 0.3) is 0 Å². The van der Waals surface area contributed by atoms with Gasteiger partial charge in [-0.25, -0.2) is 8.42 Å². The fourth-order valence-electron chi connectivity index (χ4n) is 2.96. The van der Waals surface area contributed by atoms with Crippen LogP contribution in [0.15, 0.2) is 91.0 Å². The van der Waals surface area contributed by atoms with Gasteiger partial charge in [0.15, 0.2) is 9.84 Å². The highest BCUT2D eigenvalue weighted by Gasteiger charge is 2.36. The summed E-state index contributed by atoms with van der Waals surface area (Å²) >= 11 is 0. The predicted octanol–water partition coefficient (Wildman–Crippen LogP) is 3.54. The third-order valence-corrected chi connectivity index (χ3v) is 5.79. The zero-order valence-corrected chi connectivity index (χ0v) is 14.6. The SMILES string of the molecule is O=S(=O)(Cc1ccccc1)CC(O)(c1ccccc1)c1ccccc1. The van der Waals surface area contributed by atoms with E-state index in [0.717, 1.165) is 0 Å². The maximum atomic E-state index is 12.8. The molecule has 3 nitrogen and oxygen atoms in total. The van der Waals surface area contributed by atoms with Crippen LogP contribution in [0.4, 0.5) is 0 Å². The lowest BCUT2D eigenvalue weighted by molar-refractivity contribution is 0.105. The van der Waals surface area contributed by atoms with E-state index >= 15 is 0 Å². The van der Waals surface area contributed by atoms with Gasteiger partial charge in [-0.05, 0) is 16.7 Å². The Bertz CT molecular complexity index is 866. The highest BCUT2D eigenvalue weighted by atomic mass is 32.2. The number of benzene rings is 3. The number of aliphatic hydroxyl groups is 1. The summed E-state index contributed by atoms with van der Waals surface area (Å²) in [6, 6.07) is 26.9. The van der Waals surface area contributed by atoms with Crippen LogP contribution in [0.2, 0.25) is 0 Å². The molecule has 0 heterocycles. The van der Waals surface area contributed by atoms with Gasteiger partial charge in [-0.1, -0.05) is 91.0 Å². The Kier molecular flexibility index (Phi) is 5.02. The lowest BCUT2D eigenvalue weighted by atomic mass is 9.88. The van der Waals surface area contributed by atoms with E-state index in [1.807, 2.05) is 30.3 Å². The summed E-state index contributed by atoms with van der Waals surface area (Å²) in [5.41, 5.74) is 0.262.